The van der Waals surface area contributed by atoms with E-state index in [1.54, 1.807) is 0 Å². The van der Waals surface area contributed by atoms with Gasteiger partial charge < -0.3 is 10.6 Å². The molecule has 0 bridgehead atoms. The van der Waals surface area contributed by atoms with Gasteiger partial charge in [-0.25, -0.2) is 0 Å². The number of nitrogens with two attached hydrogens (primary N) is 1. The van der Waals surface area contributed by atoms with Crippen molar-refractivity contribution < 1.29 is 0 Å². The predicted molar refractivity (Wildman–Crippen MR) is 96.0 cm³/mol. The fourth-order valence-corrected chi connectivity index (χ4v) is 2.87. The van der Waals surface area contributed by atoms with Crippen LogP contribution in [0.4, 0.5) is 0 Å². The van der Waals surface area contributed by atoms with E-state index in [0.29, 0.717) is 5.96 Å². The highest BCUT2D eigenvalue weighted by molar-refractivity contribution is 14.0. The molecule has 1 aromatic rings. The number of thioether (sulfide) groups is 1. The van der Waals surface area contributed by atoms with Crippen molar-refractivity contribution in [2.24, 2.45) is 10.7 Å². The summed E-state index contributed by atoms with van der Waals surface area (Å²) in [6, 6.07) is 7.88. The van der Waals surface area contributed by atoms with Gasteiger partial charge in [-0.1, -0.05) is 23.7 Å². The van der Waals surface area contributed by atoms with Crippen LogP contribution in [0.5, 0.6) is 0 Å². The first kappa shape index (κ1) is 16.9. The number of aliphatic imine (C=N–C) groups is 1. The largest absolute Gasteiger partial charge is 0.370 e. The zero-order valence-electron chi connectivity index (χ0n) is 10.7. The van der Waals surface area contributed by atoms with Crippen LogP contribution in [0.3, 0.4) is 0 Å². The molecule has 1 aliphatic heterocycles. The zero-order chi connectivity index (χ0) is 12.8. The first-order chi connectivity index (χ1) is 8.75. The lowest BCUT2D eigenvalue weighted by Crippen LogP contribution is -2.42. The van der Waals surface area contributed by atoms with E-state index in [-0.39, 0.29) is 24.0 Å². The highest BCUT2D eigenvalue weighted by atomic mass is 127. The summed E-state index contributed by atoms with van der Waals surface area (Å²) in [7, 11) is 0. The molecule has 1 saturated heterocycles. The summed E-state index contributed by atoms with van der Waals surface area (Å²) in [5.74, 6) is 2.98. The second-order valence-electron chi connectivity index (χ2n) is 4.22. The van der Waals surface area contributed by atoms with Crippen molar-refractivity contribution >= 4 is 53.3 Å². The number of nitrogens with zero attached hydrogens (tertiary/aromatic N) is 2. The van der Waals surface area contributed by atoms with Gasteiger partial charge in [-0.15, -0.1) is 24.0 Å². The normalized spacial score (nSPS) is 16.1. The molecule has 1 aromatic carbocycles. The Bertz CT molecular complexity index is 405. The fourth-order valence-electron chi connectivity index (χ4n) is 1.84. The van der Waals surface area contributed by atoms with Gasteiger partial charge in [0, 0.05) is 36.2 Å². The van der Waals surface area contributed by atoms with Gasteiger partial charge in [0.25, 0.3) is 0 Å². The Labute approximate surface area is 141 Å². The van der Waals surface area contributed by atoms with E-state index >= 15 is 0 Å². The smallest absolute Gasteiger partial charge is 0.191 e. The molecule has 0 unspecified atom stereocenters. The number of guanidine groups is 1. The lowest BCUT2D eigenvalue weighted by atomic mass is 10.1. The van der Waals surface area contributed by atoms with Gasteiger partial charge >= 0.3 is 0 Å². The van der Waals surface area contributed by atoms with Crippen molar-refractivity contribution in [1.82, 2.24) is 4.90 Å². The molecule has 1 aliphatic rings. The lowest BCUT2D eigenvalue weighted by molar-refractivity contribution is 0.456. The summed E-state index contributed by atoms with van der Waals surface area (Å²) in [6.07, 6.45) is 0.903. The number of rotatable bonds is 3. The number of halogens is 2. The molecule has 2 rings (SSSR count). The van der Waals surface area contributed by atoms with E-state index < -0.39 is 0 Å². The topological polar surface area (TPSA) is 41.6 Å². The average molecular weight is 412 g/mol. The summed E-state index contributed by atoms with van der Waals surface area (Å²) < 4.78 is 0. The maximum atomic E-state index is 5.98. The molecular weight excluding hydrogens is 393 g/mol. The molecule has 0 saturated carbocycles. The molecule has 106 valence electrons. The van der Waals surface area contributed by atoms with E-state index in [2.05, 4.69) is 9.89 Å². The molecule has 0 aliphatic carbocycles. The van der Waals surface area contributed by atoms with Crippen molar-refractivity contribution in [2.45, 2.75) is 6.42 Å². The van der Waals surface area contributed by atoms with E-state index in [0.717, 1.165) is 42.6 Å². The standard InChI is InChI=1S/C13H18ClN3S.HI/c14-12-3-1-11(2-4-12)5-6-16-13(15)17-7-9-18-10-8-17;/h1-4H,5-10H2,(H2,15,16);1H. The first-order valence-corrected chi connectivity index (χ1v) is 7.66. The maximum Gasteiger partial charge on any atom is 0.191 e. The molecule has 0 aromatic heterocycles. The molecule has 1 fully saturated rings. The van der Waals surface area contributed by atoms with E-state index in [1.165, 1.54) is 5.56 Å². The van der Waals surface area contributed by atoms with Crippen molar-refractivity contribution in [1.29, 1.82) is 0 Å². The maximum absolute atomic E-state index is 5.98. The van der Waals surface area contributed by atoms with Crippen molar-refractivity contribution in [2.75, 3.05) is 31.1 Å². The lowest BCUT2D eigenvalue weighted by Gasteiger charge is -2.27. The Kier molecular flexibility index (Phi) is 7.94. The van der Waals surface area contributed by atoms with Crippen molar-refractivity contribution in [3.8, 4) is 0 Å². The number of hydrogen-bond acceptors (Lipinski definition) is 2. The second kappa shape index (κ2) is 8.92. The van der Waals surface area contributed by atoms with Gasteiger partial charge in [0.2, 0.25) is 0 Å². The molecule has 0 atom stereocenters. The molecule has 2 N–H and O–H groups in total. The number of hydrogen-bond donors (Lipinski definition) is 1. The Morgan fingerprint density at radius 3 is 2.53 bits per heavy atom. The first-order valence-electron chi connectivity index (χ1n) is 6.13. The third-order valence-electron chi connectivity index (χ3n) is 2.92. The third-order valence-corrected chi connectivity index (χ3v) is 4.12. The minimum Gasteiger partial charge on any atom is -0.370 e. The van der Waals surface area contributed by atoms with Crippen LogP contribution >= 0.6 is 47.3 Å². The molecule has 0 spiro atoms. The van der Waals surface area contributed by atoms with Crippen molar-refractivity contribution in [3.63, 3.8) is 0 Å². The molecule has 1 heterocycles. The van der Waals surface area contributed by atoms with Crippen LogP contribution in [0.1, 0.15) is 5.56 Å². The fraction of sp³-hybridized carbons (Fsp3) is 0.462. The van der Waals surface area contributed by atoms with Crippen LogP contribution in [0, 0.1) is 0 Å². The summed E-state index contributed by atoms with van der Waals surface area (Å²) in [6.45, 7) is 2.76. The van der Waals surface area contributed by atoms with Crippen LogP contribution in [0.25, 0.3) is 0 Å². The quantitative estimate of drug-likeness (QED) is 0.472. The molecule has 6 heteroatoms. The predicted octanol–water partition coefficient (Wildman–Crippen LogP) is 2.86. The van der Waals surface area contributed by atoms with Crippen LogP contribution in [-0.2, 0) is 6.42 Å². The van der Waals surface area contributed by atoms with Gasteiger partial charge in [-0.3, -0.25) is 4.99 Å². The average Bonchev–Trinajstić information content (AvgIpc) is 2.42. The molecule has 3 nitrogen and oxygen atoms in total. The monoisotopic (exact) mass is 411 g/mol. The summed E-state index contributed by atoms with van der Waals surface area (Å²) >= 11 is 7.81. The van der Waals surface area contributed by atoms with Crippen LogP contribution in [0.2, 0.25) is 5.02 Å². The molecular formula is C13H19ClIN3S. The second-order valence-corrected chi connectivity index (χ2v) is 5.88. The Balaban J connectivity index is 0.00000180. The summed E-state index contributed by atoms with van der Waals surface area (Å²) in [5, 5.41) is 0.771. The SMILES string of the molecule is I.NC(=NCCc1ccc(Cl)cc1)N1CCSCC1. The van der Waals surface area contributed by atoms with Crippen LogP contribution in [0.15, 0.2) is 29.3 Å². The summed E-state index contributed by atoms with van der Waals surface area (Å²) in [4.78, 5) is 6.61. The van der Waals surface area contributed by atoms with Gasteiger partial charge in [-0.05, 0) is 24.1 Å². The minimum absolute atomic E-state index is 0. The number of benzene rings is 1. The van der Waals surface area contributed by atoms with Gasteiger partial charge in [0.15, 0.2) is 5.96 Å². The molecule has 0 radical (unpaired) electrons. The van der Waals surface area contributed by atoms with E-state index in [9.17, 15) is 0 Å². The summed E-state index contributed by atoms with van der Waals surface area (Å²) in [5.41, 5.74) is 7.22. The van der Waals surface area contributed by atoms with E-state index in [1.807, 2.05) is 36.0 Å². The van der Waals surface area contributed by atoms with Gasteiger partial charge in [0.1, 0.15) is 0 Å². The molecule has 19 heavy (non-hydrogen) atoms. The van der Waals surface area contributed by atoms with Gasteiger partial charge in [0.05, 0.1) is 0 Å². The highest BCUT2D eigenvalue weighted by Gasteiger charge is 2.11. The third kappa shape index (κ3) is 5.79. The van der Waals surface area contributed by atoms with Gasteiger partial charge in [-0.2, -0.15) is 11.8 Å². The highest BCUT2D eigenvalue weighted by Crippen LogP contribution is 2.10. The van der Waals surface area contributed by atoms with E-state index in [4.69, 9.17) is 17.3 Å². The van der Waals surface area contributed by atoms with Crippen molar-refractivity contribution in [3.05, 3.63) is 34.9 Å². The Hall–Kier alpha value is -0.140. The van der Waals surface area contributed by atoms with Crippen LogP contribution < -0.4 is 5.73 Å². The molecule has 0 amide bonds. The Morgan fingerprint density at radius 2 is 1.89 bits per heavy atom. The Morgan fingerprint density at radius 1 is 1.26 bits per heavy atom. The van der Waals surface area contributed by atoms with Crippen LogP contribution in [-0.4, -0.2) is 42.0 Å². The zero-order valence-corrected chi connectivity index (χ0v) is 14.6. The minimum atomic E-state index is 0.